The Morgan fingerprint density at radius 3 is 2.70 bits per heavy atom. The molecule has 1 aromatic rings. The van der Waals surface area contributed by atoms with E-state index in [0.717, 1.165) is 25.4 Å². The van der Waals surface area contributed by atoms with Crippen LogP contribution in [0.1, 0.15) is 58.6 Å². The monoisotopic (exact) mass is 275 g/mol. The predicted molar refractivity (Wildman–Crippen MR) is 86.2 cm³/mol. The lowest BCUT2D eigenvalue weighted by atomic mass is 10.1. The third kappa shape index (κ3) is 3.95. The van der Waals surface area contributed by atoms with E-state index in [9.17, 15) is 0 Å². The average molecular weight is 275 g/mol. The van der Waals surface area contributed by atoms with Crippen LogP contribution in [0.3, 0.4) is 0 Å². The minimum Gasteiger partial charge on any atom is -0.354 e. The highest BCUT2D eigenvalue weighted by Gasteiger charge is 2.27. The van der Waals surface area contributed by atoms with E-state index >= 15 is 0 Å². The summed E-state index contributed by atoms with van der Waals surface area (Å²) in [6.07, 6.45) is 5.85. The summed E-state index contributed by atoms with van der Waals surface area (Å²) in [5.74, 6) is 2.05. The first kappa shape index (κ1) is 15.3. The molecule has 0 amide bonds. The Bertz CT molecular complexity index is 412. The van der Waals surface area contributed by atoms with Crippen molar-refractivity contribution in [2.24, 2.45) is 5.92 Å². The van der Waals surface area contributed by atoms with Crippen LogP contribution < -0.4 is 10.2 Å². The van der Waals surface area contributed by atoms with Crippen molar-refractivity contribution >= 4 is 5.82 Å². The number of pyridine rings is 1. The Kier molecular flexibility index (Phi) is 5.41. The molecule has 0 radical (unpaired) electrons. The summed E-state index contributed by atoms with van der Waals surface area (Å²) in [7, 11) is 0. The van der Waals surface area contributed by atoms with Crippen molar-refractivity contribution < 1.29 is 0 Å². The molecule has 1 aromatic heterocycles. The van der Waals surface area contributed by atoms with Crippen molar-refractivity contribution in [2.75, 3.05) is 18.0 Å². The van der Waals surface area contributed by atoms with Gasteiger partial charge in [0, 0.05) is 30.4 Å². The van der Waals surface area contributed by atoms with Crippen LogP contribution in [0.5, 0.6) is 0 Å². The van der Waals surface area contributed by atoms with Gasteiger partial charge in [0.05, 0.1) is 0 Å². The normalized spacial score (nSPS) is 16.4. The van der Waals surface area contributed by atoms with E-state index in [1.54, 1.807) is 0 Å². The first-order chi connectivity index (χ1) is 9.63. The fraction of sp³-hybridized carbons (Fsp3) is 0.706. The second-order valence-corrected chi connectivity index (χ2v) is 6.28. The maximum atomic E-state index is 4.70. The smallest absolute Gasteiger partial charge is 0.133 e. The first-order valence-corrected chi connectivity index (χ1v) is 8.08. The van der Waals surface area contributed by atoms with Gasteiger partial charge in [0.15, 0.2) is 0 Å². The molecule has 1 aliphatic rings. The Morgan fingerprint density at radius 1 is 1.35 bits per heavy atom. The maximum Gasteiger partial charge on any atom is 0.133 e. The topological polar surface area (TPSA) is 28.2 Å². The zero-order valence-corrected chi connectivity index (χ0v) is 13.4. The van der Waals surface area contributed by atoms with Gasteiger partial charge < -0.3 is 10.2 Å². The second kappa shape index (κ2) is 7.07. The van der Waals surface area contributed by atoms with Crippen LogP contribution in [-0.4, -0.2) is 24.1 Å². The fourth-order valence-corrected chi connectivity index (χ4v) is 2.58. The van der Waals surface area contributed by atoms with E-state index in [1.807, 2.05) is 6.20 Å². The zero-order chi connectivity index (χ0) is 14.5. The second-order valence-electron chi connectivity index (χ2n) is 6.28. The SMILES string of the molecule is CCCNC(C)c1cccnc1N(CC1CC1)C(C)C. The van der Waals surface area contributed by atoms with Gasteiger partial charge in [0.2, 0.25) is 0 Å². The molecule has 2 rings (SSSR count). The number of nitrogens with zero attached hydrogens (tertiary/aromatic N) is 2. The van der Waals surface area contributed by atoms with Gasteiger partial charge in [-0.3, -0.25) is 0 Å². The summed E-state index contributed by atoms with van der Waals surface area (Å²) in [6.45, 7) is 11.2. The summed E-state index contributed by atoms with van der Waals surface area (Å²) in [5, 5.41) is 3.59. The summed E-state index contributed by atoms with van der Waals surface area (Å²) in [6, 6.07) is 5.14. The average Bonchev–Trinajstić information content (AvgIpc) is 3.26. The number of aromatic nitrogens is 1. The molecule has 3 heteroatoms. The predicted octanol–water partition coefficient (Wildman–Crippen LogP) is 3.77. The van der Waals surface area contributed by atoms with Crippen molar-refractivity contribution in [3.63, 3.8) is 0 Å². The van der Waals surface area contributed by atoms with Gasteiger partial charge in [-0.25, -0.2) is 4.98 Å². The highest BCUT2D eigenvalue weighted by atomic mass is 15.2. The summed E-state index contributed by atoms with van der Waals surface area (Å²) in [4.78, 5) is 7.18. The van der Waals surface area contributed by atoms with Gasteiger partial charge in [-0.1, -0.05) is 13.0 Å². The van der Waals surface area contributed by atoms with Crippen LogP contribution in [0.15, 0.2) is 18.3 Å². The third-order valence-electron chi connectivity index (χ3n) is 4.03. The molecule has 112 valence electrons. The molecule has 0 aliphatic heterocycles. The number of rotatable bonds is 8. The third-order valence-corrected chi connectivity index (χ3v) is 4.03. The lowest BCUT2D eigenvalue weighted by Gasteiger charge is -2.31. The van der Waals surface area contributed by atoms with Gasteiger partial charge in [-0.15, -0.1) is 0 Å². The van der Waals surface area contributed by atoms with E-state index in [4.69, 9.17) is 4.98 Å². The lowest BCUT2D eigenvalue weighted by Crippen LogP contribution is -2.35. The Balaban J connectivity index is 2.19. The number of nitrogens with one attached hydrogen (secondary N) is 1. The Morgan fingerprint density at radius 2 is 2.10 bits per heavy atom. The molecule has 0 aromatic carbocycles. The highest BCUT2D eigenvalue weighted by molar-refractivity contribution is 5.49. The van der Waals surface area contributed by atoms with E-state index < -0.39 is 0 Å². The van der Waals surface area contributed by atoms with Crippen LogP contribution >= 0.6 is 0 Å². The minimum atomic E-state index is 0.360. The summed E-state index contributed by atoms with van der Waals surface area (Å²) in [5.41, 5.74) is 1.33. The quantitative estimate of drug-likeness (QED) is 0.783. The molecule has 0 saturated heterocycles. The van der Waals surface area contributed by atoms with Gasteiger partial charge in [-0.05, 0) is 58.6 Å². The minimum absolute atomic E-state index is 0.360. The van der Waals surface area contributed by atoms with Crippen molar-refractivity contribution in [1.29, 1.82) is 0 Å². The van der Waals surface area contributed by atoms with Crippen molar-refractivity contribution in [2.45, 2.75) is 59.0 Å². The van der Waals surface area contributed by atoms with Gasteiger partial charge in [0.1, 0.15) is 5.82 Å². The molecule has 20 heavy (non-hydrogen) atoms. The van der Waals surface area contributed by atoms with Gasteiger partial charge in [0.25, 0.3) is 0 Å². The van der Waals surface area contributed by atoms with Crippen LogP contribution in [0.2, 0.25) is 0 Å². The highest BCUT2D eigenvalue weighted by Crippen LogP contribution is 2.33. The molecule has 3 nitrogen and oxygen atoms in total. The first-order valence-electron chi connectivity index (χ1n) is 8.08. The van der Waals surface area contributed by atoms with E-state index in [0.29, 0.717) is 12.1 Å². The molecule has 1 heterocycles. The van der Waals surface area contributed by atoms with E-state index in [2.05, 4.69) is 50.0 Å². The molecule has 1 N–H and O–H groups in total. The lowest BCUT2D eigenvalue weighted by molar-refractivity contribution is 0.560. The fourth-order valence-electron chi connectivity index (χ4n) is 2.58. The summed E-state index contributed by atoms with van der Waals surface area (Å²) < 4.78 is 0. The van der Waals surface area contributed by atoms with Crippen LogP contribution in [0.25, 0.3) is 0 Å². The Hall–Kier alpha value is -1.09. The molecule has 1 saturated carbocycles. The van der Waals surface area contributed by atoms with E-state index in [-0.39, 0.29) is 0 Å². The summed E-state index contributed by atoms with van der Waals surface area (Å²) >= 11 is 0. The van der Waals surface area contributed by atoms with Crippen molar-refractivity contribution in [1.82, 2.24) is 10.3 Å². The number of hydrogen-bond acceptors (Lipinski definition) is 3. The van der Waals surface area contributed by atoms with Crippen LogP contribution in [-0.2, 0) is 0 Å². The van der Waals surface area contributed by atoms with Gasteiger partial charge in [-0.2, -0.15) is 0 Å². The van der Waals surface area contributed by atoms with Gasteiger partial charge >= 0.3 is 0 Å². The molecule has 1 atom stereocenters. The molecular formula is C17H29N3. The van der Waals surface area contributed by atoms with Crippen molar-refractivity contribution in [3.8, 4) is 0 Å². The number of anilines is 1. The zero-order valence-electron chi connectivity index (χ0n) is 13.4. The molecule has 1 fully saturated rings. The molecule has 1 unspecified atom stereocenters. The number of hydrogen-bond donors (Lipinski definition) is 1. The van der Waals surface area contributed by atoms with Crippen molar-refractivity contribution in [3.05, 3.63) is 23.9 Å². The molecule has 0 spiro atoms. The molecular weight excluding hydrogens is 246 g/mol. The van der Waals surface area contributed by atoms with Crippen LogP contribution in [0.4, 0.5) is 5.82 Å². The maximum absolute atomic E-state index is 4.70. The molecule has 0 bridgehead atoms. The molecule has 1 aliphatic carbocycles. The standard InChI is InChI=1S/C17H29N3/c1-5-10-18-14(4)16-7-6-11-19-17(16)20(13(2)3)12-15-8-9-15/h6-7,11,13-15,18H,5,8-10,12H2,1-4H3. The van der Waals surface area contributed by atoms with E-state index in [1.165, 1.54) is 24.2 Å². The largest absolute Gasteiger partial charge is 0.354 e. The van der Waals surface area contributed by atoms with Crippen LogP contribution in [0, 0.1) is 5.92 Å². The Labute approximate surface area is 123 Å².